The fourth-order valence-corrected chi connectivity index (χ4v) is 4.77. The van der Waals surface area contributed by atoms with Crippen molar-refractivity contribution in [2.24, 2.45) is 0 Å². The van der Waals surface area contributed by atoms with E-state index in [1.165, 1.54) is 19.1 Å². The van der Waals surface area contributed by atoms with Crippen LogP contribution in [-0.4, -0.2) is 49.0 Å². The Bertz CT molecular complexity index is 1250. The second-order valence-electron chi connectivity index (χ2n) is 7.84. The number of hydrogen-bond donors (Lipinski definition) is 2. The zero-order chi connectivity index (χ0) is 23.4. The van der Waals surface area contributed by atoms with Crippen molar-refractivity contribution in [3.63, 3.8) is 0 Å². The van der Waals surface area contributed by atoms with Gasteiger partial charge in [-0.05, 0) is 42.0 Å². The van der Waals surface area contributed by atoms with E-state index in [0.29, 0.717) is 31.1 Å². The van der Waals surface area contributed by atoms with Gasteiger partial charge in [0.25, 0.3) is 0 Å². The standard InChI is InChI=1S/C23H24FN5O3S/c1-16(30)23-21(25-15-17-3-2-4-18(24)13-17)14-22(27-28-23)26-19-5-7-20(8-6-19)29-9-11-33(31,32)12-10-29/h2-8,13-14H,9-12,15H2,1H3,(H2,25,26,27). The lowest BCUT2D eigenvalue weighted by atomic mass is 10.2. The van der Waals surface area contributed by atoms with Gasteiger partial charge in [0.1, 0.15) is 5.82 Å². The molecule has 0 bridgehead atoms. The molecule has 0 amide bonds. The number of hydrogen-bond acceptors (Lipinski definition) is 8. The highest BCUT2D eigenvalue weighted by molar-refractivity contribution is 7.91. The largest absolute Gasteiger partial charge is 0.379 e. The van der Waals surface area contributed by atoms with Crippen LogP contribution in [0.15, 0.2) is 54.6 Å². The molecule has 0 radical (unpaired) electrons. The summed E-state index contributed by atoms with van der Waals surface area (Å²) in [4.78, 5) is 14.0. The summed E-state index contributed by atoms with van der Waals surface area (Å²) >= 11 is 0. The number of aromatic nitrogens is 2. The number of carbonyl (C=O) groups excluding carboxylic acids is 1. The van der Waals surface area contributed by atoms with Crippen molar-refractivity contribution < 1.29 is 17.6 Å². The number of sulfone groups is 1. The molecular weight excluding hydrogens is 445 g/mol. The summed E-state index contributed by atoms with van der Waals surface area (Å²) in [6, 6.07) is 15.5. The van der Waals surface area contributed by atoms with E-state index in [0.717, 1.165) is 16.9 Å². The van der Waals surface area contributed by atoms with Crippen LogP contribution in [0.3, 0.4) is 0 Å². The van der Waals surface area contributed by atoms with Crippen molar-refractivity contribution in [3.05, 3.63) is 71.7 Å². The molecule has 1 aliphatic heterocycles. The van der Waals surface area contributed by atoms with Crippen LogP contribution in [0.4, 0.5) is 27.3 Å². The van der Waals surface area contributed by atoms with Gasteiger partial charge in [0.15, 0.2) is 27.1 Å². The summed E-state index contributed by atoms with van der Waals surface area (Å²) < 4.78 is 36.7. The van der Waals surface area contributed by atoms with E-state index in [-0.39, 0.29) is 28.8 Å². The number of nitrogens with one attached hydrogen (secondary N) is 2. The number of benzene rings is 2. The number of halogens is 1. The van der Waals surface area contributed by atoms with Gasteiger partial charge in [0.05, 0.1) is 17.2 Å². The highest BCUT2D eigenvalue weighted by atomic mass is 32.2. The molecule has 1 aliphatic rings. The molecule has 0 saturated carbocycles. The molecule has 0 unspecified atom stereocenters. The predicted octanol–water partition coefficient (Wildman–Crippen LogP) is 3.41. The molecule has 2 heterocycles. The number of Topliss-reactive ketones (excluding diaryl/α,β-unsaturated/α-hetero) is 1. The van der Waals surface area contributed by atoms with E-state index in [9.17, 15) is 17.6 Å². The van der Waals surface area contributed by atoms with Gasteiger partial charge in [-0.15, -0.1) is 10.2 Å². The fraction of sp³-hybridized carbons (Fsp3) is 0.261. The van der Waals surface area contributed by atoms with Gasteiger partial charge < -0.3 is 15.5 Å². The molecule has 0 spiro atoms. The highest BCUT2D eigenvalue weighted by Crippen LogP contribution is 2.24. The Morgan fingerprint density at radius 2 is 1.79 bits per heavy atom. The monoisotopic (exact) mass is 469 g/mol. The van der Waals surface area contributed by atoms with Gasteiger partial charge in [-0.25, -0.2) is 12.8 Å². The first kappa shape index (κ1) is 22.7. The van der Waals surface area contributed by atoms with E-state index >= 15 is 0 Å². The zero-order valence-corrected chi connectivity index (χ0v) is 18.9. The van der Waals surface area contributed by atoms with Crippen LogP contribution in [0.25, 0.3) is 0 Å². The van der Waals surface area contributed by atoms with Gasteiger partial charge in [-0.2, -0.15) is 0 Å². The molecule has 0 aliphatic carbocycles. The Hall–Kier alpha value is -3.53. The number of anilines is 4. The van der Waals surface area contributed by atoms with Crippen LogP contribution in [0.1, 0.15) is 23.0 Å². The molecule has 10 heteroatoms. The molecule has 2 aromatic carbocycles. The lowest BCUT2D eigenvalue weighted by Gasteiger charge is -2.28. The van der Waals surface area contributed by atoms with E-state index in [1.54, 1.807) is 18.2 Å². The Labute approximate surface area is 191 Å². The molecule has 1 saturated heterocycles. The van der Waals surface area contributed by atoms with Crippen LogP contribution in [-0.2, 0) is 16.4 Å². The van der Waals surface area contributed by atoms with Crippen LogP contribution in [0, 0.1) is 5.82 Å². The summed E-state index contributed by atoms with van der Waals surface area (Å²) in [6.07, 6.45) is 0. The smallest absolute Gasteiger partial charge is 0.182 e. The van der Waals surface area contributed by atoms with Crippen molar-refractivity contribution in [2.75, 3.05) is 40.1 Å². The van der Waals surface area contributed by atoms with Crippen molar-refractivity contribution in [1.29, 1.82) is 0 Å². The van der Waals surface area contributed by atoms with E-state index in [2.05, 4.69) is 20.8 Å². The summed E-state index contributed by atoms with van der Waals surface area (Å²) in [7, 11) is -2.93. The maximum Gasteiger partial charge on any atom is 0.182 e. The maximum absolute atomic E-state index is 13.4. The van der Waals surface area contributed by atoms with Crippen molar-refractivity contribution in [2.45, 2.75) is 13.5 Å². The maximum atomic E-state index is 13.4. The second kappa shape index (κ2) is 9.53. The van der Waals surface area contributed by atoms with E-state index in [1.807, 2.05) is 29.2 Å². The second-order valence-corrected chi connectivity index (χ2v) is 10.1. The fourth-order valence-electron chi connectivity index (χ4n) is 3.57. The van der Waals surface area contributed by atoms with Crippen molar-refractivity contribution in [1.82, 2.24) is 10.2 Å². The Balaban J connectivity index is 1.46. The SMILES string of the molecule is CC(=O)c1nnc(Nc2ccc(N3CCS(=O)(=O)CC3)cc2)cc1NCc1cccc(F)c1. The van der Waals surface area contributed by atoms with Crippen LogP contribution >= 0.6 is 0 Å². The first-order valence-electron chi connectivity index (χ1n) is 10.5. The third-order valence-electron chi connectivity index (χ3n) is 5.35. The molecule has 8 nitrogen and oxygen atoms in total. The van der Waals surface area contributed by atoms with Gasteiger partial charge >= 0.3 is 0 Å². The summed E-state index contributed by atoms with van der Waals surface area (Å²) in [5.74, 6) is 0.209. The van der Waals surface area contributed by atoms with E-state index in [4.69, 9.17) is 0 Å². The van der Waals surface area contributed by atoms with Crippen LogP contribution in [0.5, 0.6) is 0 Å². The summed E-state index contributed by atoms with van der Waals surface area (Å²) in [5, 5.41) is 14.4. The van der Waals surface area contributed by atoms with Gasteiger partial charge in [0, 0.05) is 44.0 Å². The van der Waals surface area contributed by atoms with Gasteiger partial charge in [-0.1, -0.05) is 12.1 Å². The number of nitrogens with zero attached hydrogens (tertiary/aromatic N) is 3. The minimum absolute atomic E-state index is 0.163. The third-order valence-corrected chi connectivity index (χ3v) is 6.96. The Kier molecular flexibility index (Phi) is 6.55. The normalized spacial score (nSPS) is 15.2. The molecule has 1 fully saturated rings. The van der Waals surface area contributed by atoms with Crippen molar-refractivity contribution in [3.8, 4) is 0 Å². The third kappa shape index (κ3) is 5.83. The van der Waals surface area contributed by atoms with Crippen LogP contribution < -0.4 is 15.5 Å². The molecule has 1 aromatic heterocycles. The predicted molar refractivity (Wildman–Crippen MR) is 126 cm³/mol. The topological polar surface area (TPSA) is 104 Å². The quantitative estimate of drug-likeness (QED) is 0.508. The van der Waals surface area contributed by atoms with Gasteiger partial charge in [0.2, 0.25) is 0 Å². The minimum Gasteiger partial charge on any atom is -0.379 e. The molecule has 2 N–H and O–H groups in total. The van der Waals surface area contributed by atoms with Crippen molar-refractivity contribution >= 4 is 38.5 Å². The molecule has 3 aromatic rings. The molecule has 0 atom stereocenters. The first-order chi connectivity index (χ1) is 15.8. The van der Waals surface area contributed by atoms with Gasteiger partial charge in [-0.3, -0.25) is 4.79 Å². The zero-order valence-electron chi connectivity index (χ0n) is 18.1. The minimum atomic E-state index is -2.93. The molecular formula is C23H24FN5O3S. The molecule has 4 rings (SSSR count). The molecule has 33 heavy (non-hydrogen) atoms. The number of rotatable bonds is 7. The Morgan fingerprint density at radius 1 is 1.06 bits per heavy atom. The number of carbonyl (C=O) groups is 1. The first-order valence-corrected chi connectivity index (χ1v) is 12.3. The number of ketones is 1. The highest BCUT2D eigenvalue weighted by Gasteiger charge is 2.21. The average Bonchev–Trinajstić information content (AvgIpc) is 2.78. The lowest BCUT2D eigenvalue weighted by molar-refractivity contribution is 0.101. The summed E-state index contributed by atoms with van der Waals surface area (Å²) in [6.45, 7) is 2.69. The molecule has 172 valence electrons. The summed E-state index contributed by atoms with van der Waals surface area (Å²) in [5.41, 5.74) is 3.15. The van der Waals surface area contributed by atoms with E-state index < -0.39 is 9.84 Å². The van der Waals surface area contributed by atoms with Crippen LogP contribution in [0.2, 0.25) is 0 Å². The Morgan fingerprint density at radius 3 is 2.45 bits per heavy atom. The lowest BCUT2D eigenvalue weighted by Crippen LogP contribution is -2.40. The average molecular weight is 470 g/mol.